The lowest BCUT2D eigenvalue weighted by Gasteiger charge is -2.31. The van der Waals surface area contributed by atoms with Gasteiger partial charge in [-0.3, -0.25) is 4.90 Å². The first-order chi connectivity index (χ1) is 11.8. The van der Waals surface area contributed by atoms with E-state index < -0.39 is 0 Å². The Morgan fingerprint density at radius 1 is 0.792 bits per heavy atom. The van der Waals surface area contributed by atoms with Crippen LogP contribution in [-0.2, 0) is 13.1 Å². The molecular formula is C22H30N2. The van der Waals surface area contributed by atoms with Gasteiger partial charge in [0.2, 0.25) is 0 Å². The zero-order valence-electron chi connectivity index (χ0n) is 14.6. The van der Waals surface area contributed by atoms with Crippen molar-refractivity contribution in [3.63, 3.8) is 0 Å². The smallest absolute Gasteiger partial charge is 0.0237 e. The van der Waals surface area contributed by atoms with Crippen molar-refractivity contribution >= 4 is 0 Å². The van der Waals surface area contributed by atoms with Crippen molar-refractivity contribution in [1.82, 2.24) is 4.90 Å². The highest BCUT2D eigenvalue weighted by molar-refractivity contribution is 5.17. The highest BCUT2D eigenvalue weighted by Crippen LogP contribution is 2.26. The number of rotatable bonds is 7. The molecule has 3 rings (SSSR count). The Kier molecular flexibility index (Phi) is 6.45. The number of hydrogen-bond donors (Lipinski definition) is 1. The largest absolute Gasteiger partial charge is 0.327 e. The molecule has 24 heavy (non-hydrogen) atoms. The molecule has 2 N–H and O–H groups in total. The SMILES string of the molecule is NC1CCCCC1CCN(Cc1ccccc1)Cc1ccccc1. The van der Waals surface area contributed by atoms with Gasteiger partial charge in [0.15, 0.2) is 0 Å². The quantitative estimate of drug-likeness (QED) is 0.807. The summed E-state index contributed by atoms with van der Waals surface area (Å²) in [5.41, 5.74) is 9.13. The lowest BCUT2D eigenvalue weighted by molar-refractivity contribution is 0.205. The Balaban J connectivity index is 1.62. The Labute approximate surface area is 146 Å². The molecule has 0 aromatic heterocycles. The van der Waals surface area contributed by atoms with Crippen LogP contribution in [0, 0.1) is 5.92 Å². The van der Waals surface area contributed by atoms with Crippen LogP contribution in [0.4, 0.5) is 0 Å². The van der Waals surface area contributed by atoms with Crippen molar-refractivity contribution in [3.05, 3.63) is 71.8 Å². The minimum Gasteiger partial charge on any atom is -0.327 e. The fourth-order valence-corrected chi connectivity index (χ4v) is 3.84. The van der Waals surface area contributed by atoms with Crippen molar-refractivity contribution in [3.8, 4) is 0 Å². The van der Waals surface area contributed by atoms with Gasteiger partial charge < -0.3 is 5.73 Å². The molecule has 1 fully saturated rings. The van der Waals surface area contributed by atoms with Crippen molar-refractivity contribution in [1.29, 1.82) is 0 Å². The summed E-state index contributed by atoms with van der Waals surface area (Å²) < 4.78 is 0. The van der Waals surface area contributed by atoms with Gasteiger partial charge in [0, 0.05) is 19.1 Å². The molecule has 1 aliphatic carbocycles. The third kappa shape index (κ3) is 5.19. The van der Waals surface area contributed by atoms with Gasteiger partial charge in [-0.05, 0) is 42.9 Å². The maximum absolute atomic E-state index is 6.35. The molecule has 0 amide bonds. The molecule has 2 nitrogen and oxygen atoms in total. The van der Waals surface area contributed by atoms with Crippen LogP contribution in [0.1, 0.15) is 43.2 Å². The monoisotopic (exact) mass is 322 g/mol. The Hall–Kier alpha value is -1.64. The van der Waals surface area contributed by atoms with Gasteiger partial charge in [0.05, 0.1) is 0 Å². The molecule has 0 saturated heterocycles. The molecule has 1 saturated carbocycles. The number of nitrogens with two attached hydrogens (primary N) is 1. The van der Waals surface area contributed by atoms with Crippen LogP contribution in [0.25, 0.3) is 0 Å². The third-order valence-corrected chi connectivity index (χ3v) is 5.28. The standard InChI is InChI=1S/C22H30N2/c23-22-14-8-7-13-21(22)15-16-24(17-19-9-3-1-4-10-19)18-20-11-5-2-6-12-20/h1-6,9-12,21-22H,7-8,13-18,23H2. The molecule has 0 heterocycles. The third-order valence-electron chi connectivity index (χ3n) is 5.28. The molecule has 0 spiro atoms. The molecule has 128 valence electrons. The summed E-state index contributed by atoms with van der Waals surface area (Å²) >= 11 is 0. The van der Waals surface area contributed by atoms with Gasteiger partial charge in [-0.15, -0.1) is 0 Å². The van der Waals surface area contributed by atoms with Crippen molar-refractivity contribution in [2.24, 2.45) is 11.7 Å². The van der Waals surface area contributed by atoms with E-state index in [1.165, 1.54) is 43.2 Å². The van der Waals surface area contributed by atoms with E-state index >= 15 is 0 Å². The van der Waals surface area contributed by atoms with E-state index in [0.29, 0.717) is 12.0 Å². The van der Waals surface area contributed by atoms with Gasteiger partial charge in [-0.1, -0.05) is 73.5 Å². The van der Waals surface area contributed by atoms with Crippen LogP contribution in [0.15, 0.2) is 60.7 Å². The zero-order valence-corrected chi connectivity index (χ0v) is 14.6. The van der Waals surface area contributed by atoms with Crippen LogP contribution < -0.4 is 5.73 Å². The molecule has 0 aliphatic heterocycles. The second-order valence-corrected chi connectivity index (χ2v) is 7.18. The average Bonchev–Trinajstić information content (AvgIpc) is 2.62. The Morgan fingerprint density at radius 2 is 1.33 bits per heavy atom. The van der Waals surface area contributed by atoms with E-state index in [9.17, 15) is 0 Å². The molecular weight excluding hydrogens is 292 g/mol. The summed E-state index contributed by atoms with van der Waals surface area (Å²) in [7, 11) is 0. The van der Waals surface area contributed by atoms with E-state index in [-0.39, 0.29) is 0 Å². The molecule has 2 atom stereocenters. The lowest BCUT2D eigenvalue weighted by atomic mass is 9.83. The summed E-state index contributed by atoms with van der Waals surface area (Å²) in [5, 5.41) is 0. The van der Waals surface area contributed by atoms with Crippen LogP contribution in [0.2, 0.25) is 0 Å². The van der Waals surface area contributed by atoms with E-state index in [2.05, 4.69) is 65.6 Å². The Bertz CT molecular complexity index is 540. The predicted octanol–water partition coefficient (Wildman–Crippen LogP) is 4.60. The van der Waals surface area contributed by atoms with Crippen molar-refractivity contribution in [2.75, 3.05) is 6.54 Å². The summed E-state index contributed by atoms with van der Waals surface area (Å²) in [4.78, 5) is 2.58. The predicted molar refractivity (Wildman–Crippen MR) is 102 cm³/mol. The highest BCUT2D eigenvalue weighted by atomic mass is 15.1. The number of hydrogen-bond acceptors (Lipinski definition) is 2. The highest BCUT2D eigenvalue weighted by Gasteiger charge is 2.22. The van der Waals surface area contributed by atoms with Crippen LogP contribution in [0.5, 0.6) is 0 Å². The van der Waals surface area contributed by atoms with Gasteiger partial charge in [-0.25, -0.2) is 0 Å². The summed E-state index contributed by atoms with van der Waals surface area (Å²) in [6.07, 6.45) is 6.42. The maximum atomic E-state index is 6.35. The molecule has 2 aromatic carbocycles. The minimum absolute atomic E-state index is 0.411. The molecule has 0 bridgehead atoms. The van der Waals surface area contributed by atoms with Crippen molar-refractivity contribution < 1.29 is 0 Å². The number of nitrogens with zero attached hydrogens (tertiary/aromatic N) is 1. The number of benzene rings is 2. The first kappa shape index (κ1) is 17.2. The van der Waals surface area contributed by atoms with E-state index in [1.807, 2.05) is 0 Å². The van der Waals surface area contributed by atoms with Gasteiger partial charge in [0.1, 0.15) is 0 Å². The van der Waals surface area contributed by atoms with Crippen LogP contribution >= 0.6 is 0 Å². The minimum atomic E-state index is 0.411. The first-order valence-electron chi connectivity index (χ1n) is 9.37. The second-order valence-electron chi connectivity index (χ2n) is 7.18. The molecule has 1 aliphatic rings. The van der Waals surface area contributed by atoms with Crippen LogP contribution in [0.3, 0.4) is 0 Å². The fraction of sp³-hybridized carbons (Fsp3) is 0.455. The molecule has 2 aromatic rings. The second kappa shape index (κ2) is 9.00. The van der Waals surface area contributed by atoms with E-state index in [1.54, 1.807) is 0 Å². The van der Waals surface area contributed by atoms with Crippen molar-refractivity contribution in [2.45, 2.75) is 51.2 Å². The first-order valence-corrected chi connectivity index (χ1v) is 9.37. The molecule has 0 radical (unpaired) electrons. The maximum Gasteiger partial charge on any atom is 0.0237 e. The molecule has 2 heteroatoms. The summed E-state index contributed by atoms with van der Waals surface area (Å²) in [5.74, 6) is 0.702. The summed E-state index contributed by atoms with van der Waals surface area (Å²) in [6, 6.07) is 22.0. The molecule has 2 unspecified atom stereocenters. The van der Waals surface area contributed by atoms with E-state index in [0.717, 1.165) is 19.6 Å². The Morgan fingerprint density at radius 3 is 1.88 bits per heavy atom. The topological polar surface area (TPSA) is 29.3 Å². The zero-order chi connectivity index (χ0) is 16.6. The fourth-order valence-electron chi connectivity index (χ4n) is 3.84. The van der Waals surface area contributed by atoms with E-state index in [4.69, 9.17) is 5.73 Å². The lowest BCUT2D eigenvalue weighted by Crippen LogP contribution is -2.35. The van der Waals surface area contributed by atoms with Crippen LogP contribution in [-0.4, -0.2) is 17.5 Å². The normalized spacial score (nSPS) is 21.1. The summed E-state index contributed by atoms with van der Waals surface area (Å²) in [6.45, 7) is 3.15. The average molecular weight is 322 g/mol. The van der Waals surface area contributed by atoms with Gasteiger partial charge >= 0.3 is 0 Å². The van der Waals surface area contributed by atoms with Gasteiger partial charge in [0.25, 0.3) is 0 Å². The van der Waals surface area contributed by atoms with Gasteiger partial charge in [-0.2, -0.15) is 0 Å².